The molecule has 0 fully saturated rings. The maximum Gasteiger partial charge on any atom is 0.0934 e. The quantitative estimate of drug-likeness (QED) is 0.472. The molecule has 0 radical (unpaired) electrons. The lowest BCUT2D eigenvalue weighted by atomic mass is 10.2. The molecule has 0 saturated heterocycles. The first-order valence-corrected chi connectivity index (χ1v) is 3.23. The van der Waals surface area contributed by atoms with E-state index in [4.69, 9.17) is 4.42 Å². The van der Waals surface area contributed by atoms with Crippen LogP contribution < -0.4 is 0 Å². The molecule has 54 valence electrons. The molecule has 0 aliphatic carbocycles. The summed E-state index contributed by atoms with van der Waals surface area (Å²) < 4.78 is 4.84. The monoisotopic (exact) mass is 139 g/mol. The zero-order chi connectivity index (χ0) is 7.23. The van der Waals surface area contributed by atoms with Crippen molar-refractivity contribution in [3.05, 3.63) is 29.1 Å². The van der Waals surface area contributed by atoms with Crippen LogP contribution >= 0.6 is 0 Å². The predicted octanol–water partition coefficient (Wildman–Crippen LogP) is 1.98. The first kappa shape index (κ1) is 6.99. The van der Waals surface area contributed by atoms with Crippen LogP contribution in [0.25, 0.3) is 0 Å². The van der Waals surface area contributed by atoms with Crippen molar-refractivity contribution in [2.45, 2.75) is 12.8 Å². The largest absolute Gasteiger partial charge is 0.472 e. The highest BCUT2D eigenvalue weighted by Gasteiger charge is 1.92. The second-order valence-corrected chi connectivity index (χ2v) is 2.09. The van der Waals surface area contributed by atoms with Crippen molar-refractivity contribution in [2.24, 2.45) is 5.18 Å². The van der Waals surface area contributed by atoms with Gasteiger partial charge in [-0.05, 0) is 24.5 Å². The third-order valence-electron chi connectivity index (χ3n) is 1.29. The second-order valence-electron chi connectivity index (χ2n) is 2.09. The Balaban J connectivity index is 2.21. The molecule has 1 aromatic heterocycles. The molecule has 0 N–H and O–H groups in total. The molecule has 1 heterocycles. The van der Waals surface area contributed by atoms with Gasteiger partial charge in [-0.1, -0.05) is 5.18 Å². The topological polar surface area (TPSA) is 42.6 Å². The van der Waals surface area contributed by atoms with E-state index in [9.17, 15) is 4.91 Å². The Hall–Kier alpha value is -1.12. The van der Waals surface area contributed by atoms with Crippen molar-refractivity contribution in [3.63, 3.8) is 0 Å². The normalized spacial score (nSPS) is 9.60. The van der Waals surface area contributed by atoms with Gasteiger partial charge in [-0.3, -0.25) is 0 Å². The van der Waals surface area contributed by atoms with Gasteiger partial charge in [-0.15, -0.1) is 0 Å². The summed E-state index contributed by atoms with van der Waals surface area (Å²) in [5, 5.41) is 2.75. The zero-order valence-corrected chi connectivity index (χ0v) is 5.62. The van der Waals surface area contributed by atoms with E-state index in [0.29, 0.717) is 6.54 Å². The number of nitroso groups, excluding NO2 is 1. The van der Waals surface area contributed by atoms with E-state index in [2.05, 4.69) is 5.18 Å². The molecule has 0 aromatic carbocycles. The summed E-state index contributed by atoms with van der Waals surface area (Å²) in [7, 11) is 0. The van der Waals surface area contributed by atoms with Crippen molar-refractivity contribution >= 4 is 0 Å². The summed E-state index contributed by atoms with van der Waals surface area (Å²) in [5.74, 6) is 0. The van der Waals surface area contributed by atoms with Gasteiger partial charge in [0.05, 0.1) is 19.1 Å². The van der Waals surface area contributed by atoms with Gasteiger partial charge in [0.15, 0.2) is 0 Å². The highest BCUT2D eigenvalue weighted by molar-refractivity contribution is 5.04. The maximum atomic E-state index is 9.66. The molecule has 0 atom stereocenters. The van der Waals surface area contributed by atoms with Gasteiger partial charge >= 0.3 is 0 Å². The van der Waals surface area contributed by atoms with Crippen LogP contribution in [0.1, 0.15) is 12.0 Å². The van der Waals surface area contributed by atoms with Gasteiger partial charge in [0.25, 0.3) is 0 Å². The van der Waals surface area contributed by atoms with E-state index in [1.807, 2.05) is 6.07 Å². The van der Waals surface area contributed by atoms with E-state index >= 15 is 0 Å². The molecule has 0 aliphatic rings. The third kappa shape index (κ3) is 2.01. The standard InChI is InChI=1S/C7H9NO2/c9-8-4-1-2-7-3-5-10-6-7/h3,5-6H,1-2,4H2. The van der Waals surface area contributed by atoms with Crippen molar-refractivity contribution < 1.29 is 4.42 Å². The van der Waals surface area contributed by atoms with Crippen molar-refractivity contribution in [1.82, 2.24) is 0 Å². The molecular weight excluding hydrogens is 130 g/mol. The van der Waals surface area contributed by atoms with Crippen LogP contribution in [0.3, 0.4) is 0 Å². The number of aryl methyl sites for hydroxylation is 1. The van der Waals surface area contributed by atoms with Crippen LogP contribution in [0.15, 0.2) is 28.2 Å². The lowest BCUT2D eigenvalue weighted by Crippen LogP contribution is -1.84. The van der Waals surface area contributed by atoms with Crippen molar-refractivity contribution in [3.8, 4) is 0 Å². The van der Waals surface area contributed by atoms with Crippen LogP contribution in [0.2, 0.25) is 0 Å². The Labute approximate surface area is 59.0 Å². The molecule has 0 aliphatic heterocycles. The molecule has 0 unspecified atom stereocenters. The minimum absolute atomic E-state index is 0.394. The molecule has 0 spiro atoms. The molecular formula is C7H9NO2. The molecule has 0 saturated carbocycles. The van der Waals surface area contributed by atoms with E-state index in [-0.39, 0.29) is 0 Å². The Morgan fingerprint density at radius 2 is 2.50 bits per heavy atom. The number of hydrogen-bond donors (Lipinski definition) is 0. The van der Waals surface area contributed by atoms with Crippen LogP contribution in [-0.2, 0) is 6.42 Å². The van der Waals surface area contributed by atoms with Crippen LogP contribution in [-0.4, -0.2) is 6.54 Å². The minimum Gasteiger partial charge on any atom is -0.472 e. The van der Waals surface area contributed by atoms with E-state index < -0.39 is 0 Å². The molecule has 0 bridgehead atoms. The third-order valence-corrected chi connectivity index (χ3v) is 1.29. The molecule has 3 nitrogen and oxygen atoms in total. The fourth-order valence-corrected chi connectivity index (χ4v) is 0.783. The number of furan rings is 1. The molecule has 10 heavy (non-hydrogen) atoms. The first-order chi connectivity index (χ1) is 4.93. The van der Waals surface area contributed by atoms with Gasteiger partial charge in [0.1, 0.15) is 0 Å². The Bertz CT molecular complexity index is 181. The number of rotatable bonds is 4. The summed E-state index contributed by atoms with van der Waals surface area (Å²) >= 11 is 0. The van der Waals surface area contributed by atoms with Gasteiger partial charge in [-0.2, -0.15) is 4.91 Å². The molecule has 1 aromatic rings. The van der Waals surface area contributed by atoms with Crippen LogP contribution in [0.4, 0.5) is 0 Å². The molecule has 3 heteroatoms. The number of hydrogen-bond acceptors (Lipinski definition) is 3. The average Bonchev–Trinajstić information content (AvgIpc) is 2.41. The van der Waals surface area contributed by atoms with Crippen LogP contribution in [0.5, 0.6) is 0 Å². The summed E-state index contributed by atoms with van der Waals surface area (Å²) in [6, 6.07) is 1.89. The first-order valence-electron chi connectivity index (χ1n) is 3.23. The number of nitrogens with zero attached hydrogens (tertiary/aromatic N) is 1. The molecule has 0 amide bonds. The Kier molecular flexibility index (Phi) is 2.67. The lowest BCUT2D eigenvalue weighted by Gasteiger charge is -1.88. The minimum atomic E-state index is 0.394. The fraction of sp³-hybridized carbons (Fsp3) is 0.429. The summed E-state index contributed by atoms with van der Waals surface area (Å²) in [6.45, 7) is 0.394. The smallest absolute Gasteiger partial charge is 0.0934 e. The molecule has 1 rings (SSSR count). The highest BCUT2D eigenvalue weighted by atomic mass is 16.3. The highest BCUT2D eigenvalue weighted by Crippen LogP contribution is 2.02. The van der Waals surface area contributed by atoms with E-state index in [0.717, 1.165) is 18.4 Å². The summed E-state index contributed by atoms with van der Waals surface area (Å²) in [4.78, 5) is 9.66. The van der Waals surface area contributed by atoms with Crippen LogP contribution in [0, 0.1) is 4.91 Å². The SMILES string of the molecule is O=NCCCc1ccoc1. The fourth-order valence-electron chi connectivity index (χ4n) is 0.783. The van der Waals surface area contributed by atoms with Gasteiger partial charge < -0.3 is 4.42 Å². The average molecular weight is 139 g/mol. The van der Waals surface area contributed by atoms with Gasteiger partial charge in [-0.25, -0.2) is 0 Å². The lowest BCUT2D eigenvalue weighted by molar-refractivity contribution is 0.563. The second kappa shape index (κ2) is 3.82. The van der Waals surface area contributed by atoms with E-state index in [1.54, 1.807) is 12.5 Å². The van der Waals surface area contributed by atoms with Crippen molar-refractivity contribution in [1.29, 1.82) is 0 Å². The summed E-state index contributed by atoms with van der Waals surface area (Å²) in [6.07, 6.45) is 5.00. The predicted molar refractivity (Wildman–Crippen MR) is 37.7 cm³/mol. The summed E-state index contributed by atoms with van der Waals surface area (Å²) in [5.41, 5.74) is 1.13. The Morgan fingerprint density at radius 3 is 3.10 bits per heavy atom. The zero-order valence-electron chi connectivity index (χ0n) is 5.62. The van der Waals surface area contributed by atoms with Crippen molar-refractivity contribution in [2.75, 3.05) is 6.54 Å². The van der Waals surface area contributed by atoms with Gasteiger partial charge in [0.2, 0.25) is 0 Å². The Morgan fingerprint density at radius 1 is 1.60 bits per heavy atom. The van der Waals surface area contributed by atoms with Gasteiger partial charge in [0, 0.05) is 0 Å². The van der Waals surface area contributed by atoms with E-state index in [1.165, 1.54) is 0 Å². The maximum absolute atomic E-state index is 9.66.